The fourth-order valence-corrected chi connectivity index (χ4v) is 1.23. The normalized spacial score (nSPS) is 15.0. The van der Waals surface area contributed by atoms with E-state index < -0.39 is 18.5 Å². The second kappa shape index (κ2) is 4.86. The summed E-state index contributed by atoms with van der Waals surface area (Å²) in [5, 5.41) is 0. The van der Waals surface area contributed by atoms with Gasteiger partial charge in [0.15, 0.2) is 0 Å². The molecule has 0 amide bonds. The van der Waals surface area contributed by atoms with Gasteiger partial charge in [-0.15, -0.1) is 11.6 Å². The molecule has 0 bridgehead atoms. The summed E-state index contributed by atoms with van der Waals surface area (Å²) in [7, 11) is 0. The SMILES string of the molecule is CCCC(CCl)CC(F)(F)F. The minimum Gasteiger partial charge on any atom is -0.171 e. The molecule has 0 aromatic heterocycles. The van der Waals surface area contributed by atoms with Gasteiger partial charge in [-0.05, 0) is 12.3 Å². The van der Waals surface area contributed by atoms with Gasteiger partial charge in [-0.2, -0.15) is 13.2 Å². The van der Waals surface area contributed by atoms with Crippen LogP contribution in [-0.4, -0.2) is 12.1 Å². The van der Waals surface area contributed by atoms with E-state index in [0.29, 0.717) is 6.42 Å². The molecule has 1 atom stereocenters. The maximum Gasteiger partial charge on any atom is 0.389 e. The number of rotatable bonds is 4. The van der Waals surface area contributed by atoms with Crippen molar-refractivity contribution >= 4 is 11.6 Å². The summed E-state index contributed by atoms with van der Waals surface area (Å²) in [6.07, 6.45) is -3.49. The molecule has 11 heavy (non-hydrogen) atoms. The van der Waals surface area contributed by atoms with E-state index in [-0.39, 0.29) is 5.88 Å². The highest BCUT2D eigenvalue weighted by Gasteiger charge is 2.30. The summed E-state index contributed by atoms with van der Waals surface area (Å²) in [6, 6.07) is 0. The highest BCUT2D eigenvalue weighted by molar-refractivity contribution is 6.18. The van der Waals surface area contributed by atoms with Crippen LogP contribution in [0.5, 0.6) is 0 Å². The van der Waals surface area contributed by atoms with E-state index in [1.807, 2.05) is 6.92 Å². The van der Waals surface area contributed by atoms with Gasteiger partial charge in [0.2, 0.25) is 0 Å². The lowest BCUT2D eigenvalue weighted by Gasteiger charge is -2.14. The first-order valence-corrected chi connectivity index (χ1v) is 4.15. The summed E-state index contributed by atoms with van der Waals surface area (Å²) in [5.74, 6) is -0.297. The third kappa shape index (κ3) is 6.48. The zero-order valence-corrected chi connectivity index (χ0v) is 7.17. The topological polar surface area (TPSA) is 0 Å². The maximum atomic E-state index is 11.8. The summed E-state index contributed by atoms with van der Waals surface area (Å²) in [4.78, 5) is 0. The molecule has 0 N–H and O–H groups in total. The molecule has 68 valence electrons. The van der Waals surface area contributed by atoms with Crippen LogP contribution in [0.1, 0.15) is 26.2 Å². The number of alkyl halides is 4. The molecule has 0 aromatic rings. The molecule has 0 aliphatic heterocycles. The Morgan fingerprint density at radius 2 is 1.91 bits per heavy atom. The van der Waals surface area contributed by atoms with Crippen molar-refractivity contribution in [2.45, 2.75) is 32.4 Å². The zero-order chi connectivity index (χ0) is 8.91. The average Bonchev–Trinajstić information content (AvgIpc) is 1.84. The van der Waals surface area contributed by atoms with Gasteiger partial charge in [0.25, 0.3) is 0 Å². The minimum absolute atomic E-state index is 0.105. The fraction of sp³-hybridized carbons (Fsp3) is 1.00. The Morgan fingerprint density at radius 1 is 1.36 bits per heavy atom. The van der Waals surface area contributed by atoms with E-state index >= 15 is 0 Å². The van der Waals surface area contributed by atoms with E-state index in [0.717, 1.165) is 6.42 Å². The molecule has 1 unspecified atom stereocenters. The third-order valence-electron chi connectivity index (χ3n) is 1.44. The first-order chi connectivity index (χ1) is 4.99. The first-order valence-electron chi connectivity index (χ1n) is 3.62. The summed E-state index contributed by atoms with van der Waals surface area (Å²) >= 11 is 5.35. The molecule has 0 spiro atoms. The van der Waals surface area contributed by atoms with Crippen molar-refractivity contribution in [2.24, 2.45) is 5.92 Å². The Balaban J connectivity index is 3.68. The zero-order valence-electron chi connectivity index (χ0n) is 6.42. The molecule has 0 nitrogen and oxygen atoms in total. The van der Waals surface area contributed by atoms with Crippen LogP contribution in [0, 0.1) is 5.92 Å². The molecule has 0 saturated carbocycles. The third-order valence-corrected chi connectivity index (χ3v) is 1.87. The van der Waals surface area contributed by atoms with Gasteiger partial charge < -0.3 is 0 Å². The van der Waals surface area contributed by atoms with E-state index in [2.05, 4.69) is 0 Å². The lowest BCUT2D eigenvalue weighted by atomic mass is 10.0. The molecule has 0 aliphatic carbocycles. The van der Waals surface area contributed by atoms with E-state index in [9.17, 15) is 13.2 Å². The Labute approximate surface area is 69.7 Å². The molecule has 0 heterocycles. The van der Waals surface area contributed by atoms with Gasteiger partial charge in [-0.25, -0.2) is 0 Å². The second-order valence-electron chi connectivity index (χ2n) is 2.63. The molecule has 0 aromatic carbocycles. The molecule has 0 radical (unpaired) electrons. The van der Waals surface area contributed by atoms with Crippen LogP contribution in [0.25, 0.3) is 0 Å². The fourth-order valence-electron chi connectivity index (χ4n) is 0.969. The van der Waals surface area contributed by atoms with Gasteiger partial charge in [-0.1, -0.05) is 13.3 Å². The monoisotopic (exact) mass is 188 g/mol. The number of hydrogen-bond acceptors (Lipinski definition) is 0. The smallest absolute Gasteiger partial charge is 0.171 e. The minimum atomic E-state index is -4.06. The average molecular weight is 189 g/mol. The van der Waals surface area contributed by atoms with Crippen molar-refractivity contribution in [3.05, 3.63) is 0 Å². The van der Waals surface area contributed by atoms with Crippen LogP contribution in [0.2, 0.25) is 0 Å². The van der Waals surface area contributed by atoms with Gasteiger partial charge in [-0.3, -0.25) is 0 Å². The van der Waals surface area contributed by atoms with E-state index in [1.54, 1.807) is 0 Å². The Bertz CT molecular complexity index is 100. The summed E-state index contributed by atoms with van der Waals surface area (Å²) in [5.41, 5.74) is 0. The lowest BCUT2D eigenvalue weighted by Crippen LogP contribution is -2.16. The van der Waals surface area contributed by atoms with Crippen molar-refractivity contribution in [3.8, 4) is 0 Å². The molecule has 0 fully saturated rings. The molecular weight excluding hydrogens is 177 g/mol. The lowest BCUT2D eigenvalue weighted by molar-refractivity contribution is -0.143. The molecule has 0 aliphatic rings. The van der Waals surface area contributed by atoms with E-state index in [1.165, 1.54) is 0 Å². The highest BCUT2D eigenvalue weighted by Crippen LogP contribution is 2.27. The van der Waals surface area contributed by atoms with Crippen LogP contribution in [0.15, 0.2) is 0 Å². The standard InChI is InChI=1S/C7H12ClF3/c1-2-3-6(5-8)4-7(9,10)11/h6H,2-5H2,1H3. The Kier molecular flexibility index (Phi) is 4.89. The summed E-state index contributed by atoms with van der Waals surface area (Å²) in [6.45, 7) is 1.86. The Hall–Kier alpha value is 0.0800. The van der Waals surface area contributed by atoms with Gasteiger partial charge in [0, 0.05) is 12.3 Å². The molecule has 4 heteroatoms. The van der Waals surface area contributed by atoms with Crippen molar-refractivity contribution in [2.75, 3.05) is 5.88 Å². The highest BCUT2D eigenvalue weighted by atomic mass is 35.5. The molecule has 0 rings (SSSR count). The first kappa shape index (κ1) is 11.1. The van der Waals surface area contributed by atoms with E-state index in [4.69, 9.17) is 11.6 Å². The summed E-state index contributed by atoms with van der Waals surface area (Å²) < 4.78 is 35.3. The quantitative estimate of drug-likeness (QED) is 0.592. The predicted octanol–water partition coefficient (Wildman–Crippen LogP) is 3.59. The van der Waals surface area contributed by atoms with Gasteiger partial charge >= 0.3 is 6.18 Å². The maximum absolute atomic E-state index is 11.8. The van der Waals surface area contributed by atoms with Crippen LogP contribution >= 0.6 is 11.6 Å². The van der Waals surface area contributed by atoms with Crippen molar-refractivity contribution in [1.82, 2.24) is 0 Å². The molecular formula is C7H12ClF3. The van der Waals surface area contributed by atoms with Crippen LogP contribution in [0.3, 0.4) is 0 Å². The van der Waals surface area contributed by atoms with Gasteiger partial charge in [0.05, 0.1) is 0 Å². The van der Waals surface area contributed by atoms with Crippen molar-refractivity contribution in [1.29, 1.82) is 0 Å². The van der Waals surface area contributed by atoms with Crippen molar-refractivity contribution < 1.29 is 13.2 Å². The number of halogens is 4. The predicted molar refractivity (Wildman–Crippen MR) is 39.8 cm³/mol. The van der Waals surface area contributed by atoms with Crippen molar-refractivity contribution in [3.63, 3.8) is 0 Å². The van der Waals surface area contributed by atoms with Gasteiger partial charge in [0.1, 0.15) is 0 Å². The number of hydrogen-bond donors (Lipinski definition) is 0. The Morgan fingerprint density at radius 3 is 2.18 bits per heavy atom. The largest absolute Gasteiger partial charge is 0.389 e. The molecule has 0 saturated heterocycles. The van der Waals surface area contributed by atoms with Crippen LogP contribution < -0.4 is 0 Å². The van der Waals surface area contributed by atoms with Crippen LogP contribution in [0.4, 0.5) is 13.2 Å². The van der Waals surface area contributed by atoms with Crippen LogP contribution in [-0.2, 0) is 0 Å². The second-order valence-corrected chi connectivity index (χ2v) is 2.94.